The lowest BCUT2D eigenvalue weighted by molar-refractivity contribution is -0.159. The van der Waals surface area contributed by atoms with E-state index in [-0.39, 0.29) is 18.4 Å². The summed E-state index contributed by atoms with van der Waals surface area (Å²) in [6.45, 7) is 1.58. The van der Waals surface area contributed by atoms with Crippen LogP contribution in [-0.4, -0.2) is 79.0 Å². The van der Waals surface area contributed by atoms with E-state index < -0.39 is 18.6 Å². The third kappa shape index (κ3) is 6.49. The normalized spacial score (nSPS) is 21.0. The largest absolute Gasteiger partial charge is 0.406 e. The molecule has 0 N–H and O–H groups in total. The van der Waals surface area contributed by atoms with Crippen LogP contribution in [0.5, 0.6) is 0 Å². The van der Waals surface area contributed by atoms with Gasteiger partial charge in [-0.1, -0.05) is 12.8 Å². The summed E-state index contributed by atoms with van der Waals surface area (Å²) in [5.41, 5.74) is 0. The maximum atomic E-state index is 12.6. The summed E-state index contributed by atoms with van der Waals surface area (Å²) in [6.07, 6.45) is 1.44. The van der Waals surface area contributed by atoms with Gasteiger partial charge in [-0.15, -0.1) is 0 Å². The van der Waals surface area contributed by atoms with Crippen LogP contribution in [0.15, 0.2) is 0 Å². The Morgan fingerprint density at radius 3 is 2.08 bits per heavy atom. The van der Waals surface area contributed by atoms with E-state index in [1.165, 1.54) is 19.9 Å². The summed E-state index contributed by atoms with van der Waals surface area (Å²) >= 11 is 0. The van der Waals surface area contributed by atoms with E-state index in [9.17, 15) is 22.8 Å². The number of nitrogens with zero attached hydrogens (tertiary/aromatic N) is 3. The Labute approximate surface area is 147 Å². The summed E-state index contributed by atoms with van der Waals surface area (Å²) in [7, 11) is 1.17. The van der Waals surface area contributed by atoms with E-state index in [4.69, 9.17) is 0 Å². The number of likely N-dealkylation sites (tertiary alicyclic amines) is 2. The number of likely N-dealkylation sites (N-methyl/N-ethyl adjacent to an activating group) is 1. The first-order valence-corrected chi connectivity index (χ1v) is 9.08. The SMILES string of the molecule is CN(CC(F)(F)F)C(=O)CN1CCC(C(=O)N2CCCCCC2)CC1. The minimum atomic E-state index is -4.38. The highest BCUT2D eigenvalue weighted by molar-refractivity contribution is 5.79. The van der Waals surface area contributed by atoms with Gasteiger partial charge < -0.3 is 9.80 Å². The molecule has 0 radical (unpaired) electrons. The Bertz CT molecular complexity index is 455. The second kappa shape index (κ2) is 8.87. The van der Waals surface area contributed by atoms with Crippen LogP contribution >= 0.6 is 0 Å². The van der Waals surface area contributed by atoms with Crippen molar-refractivity contribution in [3.05, 3.63) is 0 Å². The molecule has 2 aliphatic rings. The lowest BCUT2D eigenvalue weighted by Gasteiger charge is -2.34. The second-order valence-corrected chi connectivity index (χ2v) is 7.15. The monoisotopic (exact) mass is 363 g/mol. The van der Waals surface area contributed by atoms with Gasteiger partial charge in [0.1, 0.15) is 6.54 Å². The van der Waals surface area contributed by atoms with Crippen LogP contribution in [0.4, 0.5) is 13.2 Å². The van der Waals surface area contributed by atoms with Crippen molar-refractivity contribution in [2.45, 2.75) is 44.7 Å². The van der Waals surface area contributed by atoms with E-state index in [2.05, 4.69) is 0 Å². The molecule has 25 heavy (non-hydrogen) atoms. The predicted molar refractivity (Wildman–Crippen MR) is 87.9 cm³/mol. The van der Waals surface area contributed by atoms with Crippen molar-refractivity contribution in [3.63, 3.8) is 0 Å². The first-order valence-electron chi connectivity index (χ1n) is 9.08. The van der Waals surface area contributed by atoms with Gasteiger partial charge in [-0.3, -0.25) is 14.5 Å². The van der Waals surface area contributed by atoms with Gasteiger partial charge in [0.05, 0.1) is 6.54 Å². The highest BCUT2D eigenvalue weighted by Gasteiger charge is 2.33. The quantitative estimate of drug-likeness (QED) is 0.769. The molecule has 2 fully saturated rings. The van der Waals surface area contributed by atoms with Gasteiger partial charge in [0.15, 0.2) is 0 Å². The average molecular weight is 363 g/mol. The van der Waals surface area contributed by atoms with Crippen molar-refractivity contribution in [2.75, 3.05) is 46.3 Å². The van der Waals surface area contributed by atoms with E-state index in [1.807, 2.05) is 9.80 Å². The number of halogens is 3. The van der Waals surface area contributed by atoms with E-state index >= 15 is 0 Å². The molecular weight excluding hydrogens is 335 g/mol. The van der Waals surface area contributed by atoms with Crippen LogP contribution in [0, 0.1) is 5.92 Å². The Morgan fingerprint density at radius 1 is 1.00 bits per heavy atom. The van der Waals surface area contributed by atoms with Crippen molar-refractivity contribution in [1.29, 1.82) is 0 Å². The molecule has 0 aromatic carbocycles. The third-order valence-electron chi connectivity index (χ3n) is 5.06. The molecule has 144 valence electrons. The van der Waals surface area contributed by atoms with Gasteiger partial charge in [0.25, 0.3) is 0 Å². The van der Waals surface area contributed by atoms with Crippen molar-refractivity contribution in [3.8, 4) is 0 Å². The Morgan fingerprint density at radius 2 is 1.56 bits per heavy atom. The highest BCUT2D eigenvalue weighted by atomic mass is 19.4. The predicted octanol–water partition coefficient (Wildman–Crippen LogP) is 2.12. The Hall–Kier alpha value is -1.31. The number of carbonyl (C=O) groups excluding carboxylic acids is 2. The third-order valence-corrected chi connectivity index (χ3v) is 5.06. The fourth-order valence-corrected chi connectivity index (χ4v) is 3.56. The maximum Gasteiger partial charge on any atom is 0.406 e. The van der Waals surface area contributed by atoms with E-state index in [0.29, 0.717) is 30.8 Å². The van der Waals surface area contributed by atoms with Crippen molar-refractivity contribution >= 4 is 11.8 Å². The topological polar surface area (TPSA) is 43.9 Å². The zero-order valence-electron chi connectivity index (χ0n) is 14.9. The first-order chi connectivity index (χ1) is 11.8. The van der Waals surface area contributed by atoms with Gasteiger partial charge in [0.2, 0.25) is 11.8 Å². The lowest BCUT2D eigenvalue weighted by Crippen LogP contribution is -2.47. The minimum Gasteiger partial charge on any atom is -0.342 e. The fraction of sp³-hybridized carbons (Fsp3) is 0.882. The van der Waals surface area contributed by atoms with Crippen LogP contribution < -0.4 is 0 Å². The molecule has 8 heteroatoms. The summed E-state index contributed by atoms with van der Waals surface area (Å²) in [5.74, 6) is -0.339. The van der Waals surface area contributed by atoms with Crippen molar-refractivity contribution < 1.29 is 22.8 Å². The van der Waals surface area contributed by atoms with Gasteiger partial charge in [-0.05, 0) is 38.8 Å². The fourth-order valence-electron chi connectivity index (χ4n) is 3.56. The molecule has 0 atom stereocenters. The molecule has 0 bridgehead atoms. The zero-order chi connectivity index (χ0) is 18.4. The molecule has 2 heterocycles. The summed E-state index contributed by atoms with van der Waals surface area (Å²) in [6, 6.07) is 0. The van der Waals surface area contributed by atoms with Gasteiger partial charge in [0, 0.05) is 26.1 Å². The summed E-state index contributed by atoms with van der Waals surface area (Å²) < 4.78 is 37.0. The molecule has 2 rings (SSSR count). The zero-order valence-corrected chi connectivity index (χ0v) is 14.9. The number of hydrogen-bond donors (Lipinski definition) is 0. The van der Waals surface area contributed by atoms with Crippen LogP contribution in [-0.2, 0) is 9.59 Å². The number of rotatable bonds is 4. The average Bonchev–Trinajstić information content (AvgIpc) is 2.82. The molecule has 2 saturated heterocycles. The Balaban J connectivity index is 1.75. The minimum absolute atomic E-state index is 0.0163. The van der Waals surface area contributed by atoms with E-state index in [1.54, 1.807) is 0 Å². The van der Waals surface area contributed by atoms with Crippen molar-refractivity contribution in [1.82, 2.24) is 14.7 Å². The molecular formula is C17H28F3N3O2. The number of piperidine rings is 1. The van der Waals surface area contributed by atoms with Crippen LogP contribution in [0.25, 0.3) is 0 Å². The molecule has 0 spiro atoms. The molecule has 5 nitrogen and oxygen atoms in total. The van der Waals surface area contributed by atoms with Crippen molar-refractivity contribution in [2.24, 2.45) is 5.92 Å². The van der Waals surface area contributed by atoms with Gasteiger partial charge >= 0.3 is 6.18 Å². The molecule has 2 amide bonds. The number of hydrogen-bond acceptors (Lipinski definition) is 3. The number of amides is 2. The molecule has 0 saturated carbocycles. The number of alkyl halides is 3. The highest BCUT2D eigenvalue weighted by Crippen LogP contribution is 2.22. The van der Waals surface area contributed by atoms with E-state index in [0.717, 1.165) is 25.9 Å². The van der Waals surface area contributed by atoms with Crippen LogP contribution in [0.1, 0.15) is 38.5 Å². The first kappa shape index (κ1) is 20.0. The van der Waals surface area contributed by atoms with Crippen LogP contribution in [0.3, 0.4) is 0 Å². The second-order valence-electron chi connectivity index (χ2n) is 7.15. The Kier molecular flexibility index (Phi) is 7.10. The maximum absolute atomic E-state index is 12.6. The lowest BCUT2D eigenvalue weighted by atomic mass is 9.95. The van der Waals surface area contributed by atoms with Crippen LogP contribution in [0.2, 0.25) is 0 Å². The molecule has 2 aliphatic heterocycles. The summed E-state index contributed by atoms with van der Waals surface area (Å²) in [5, 5.41) is 0. The molecule has 0 aromatic heterocycles. The molecule has 0 aliphatic carbocycles. The van der Waals surface area contributed by atoms with Gasteiger partial charge in [-0.2, -0.15) is 13.2 Å². The van der Waals surface area contributed by atoms with Gasteiger partial charge in [-0.25, -0.2) is 0 Å². The smallest absolute Gasteiger partial charge is 0.342 e. The molecule has 0 unspecified atom stereocenters. The molecule has 0 aromatic rings. The number of carbonyl (C=O) groups is 2. The summed E-state index contributed by atoms with van der Waals surface area (Å²) in [4.78, 5) is 29.0. The standard InChI is InChI=1S/C17H28F3N3O2/c1-21(13-17(18,19)20)15(24)12-22-10-6-14(7-11-22)16(25)23-8-4-2-3-5-9-23/h14H,2-13H2,1H3.